The maximum Gasteiger partial charge on any atom is 0.128 e. The van der Waals surface area contributed by atoms with Crippen molar-refractivity contribution in [2.24, 2.45) is 0 Å². The third kappa shape index (κ3) is 3.94. The molecule has 0 aromatic heterocycles. The topological polar surface area (TPSA) is 36.3 Å². The molecule has 24 heavy (non-hydrogen) atoms. The molecular formula is C20H21FN2O. The van der Waals surface area contributed by atoms with Crippen LogP contribution in [0.15, 0.2) is 42.5 Å². The molecule has 0 heterocycles. The number of anilines is 1. The smallest absolute Gasteiger partial charge is 0.128 e. The molecule has 3 nitrogen and oxygen atoms in total. The highest BCUT2D eigenvalue weighted by molar-refractivity contribution is 5.90. The fourth-order valence-electron chi connectivity index (χ4n) is 2.60. The Morgan fingerprint density at radius 2 is 1.96 bits per heavy atom. The molecule has 0 atom stereocenters. The lowest BCUT2D eigenvalue weighted by Crippen LogP contribution is -2.21. The van der Waals surface area contributed by atoms with Gasteiger partial charge in [-0.25, -0.2) is 4.39 Å². The fourth-order valence-corrected chi connectivity index (χ4v) is 2.60. The lowest BCUT2D eigenvalue weighted by Gasteiger charge is -2.22. The predicted molar refractivity (Wildman–Crippen MR) is 96.4 cm³/mol. The quantitative estimate of drug-likeness (QED) is 0.568. The number of ether oxygens (including phenoxy) is 1. The van der Waals surface area contributed by atoms with Crippen LogP contribution < -0.4 is 9.64 Å². The second-order valence-electron chi connectivity index (χ2n) is 5.28. The SMILES string of the molecule is CCN(CC)c1ccc(/C=C(\C#N)c2cccc(F)c2)c(OC)c1. The minimum absolute atomic E-state index is 0.363. The Bertz CT molecular complexity index is 773. The molecule has 124 valence electrons. The lowest BCUT2D eigenvalue weighted by atomic mass is 10.0. The monoisotopic (exact) mass is 324 g/mol. The van der Waals surface area contributed by atoms with Gasteiger partial charge in [-0.3, -0.25) is 0 Å². The Morgan fingerprint density at radius 3 is 2.54 bits per heavy atom. The van der Waals surface area contributed by atoms with Crippen LogP contribution in [0.5, 0.6) is 5.75 Å². The van der Waals surface area contributed by atoms with Crippen molar-refractivity contribution in [3.05, 3.63) is 59.4 Å². The molecule has 0 aliphatic heterocycles. The third-order valence-electron chi connectivity index (χ3n) is 3.90. The van der Waals surface area contributed by atoms with Gasteiger partial charge >= 0.3 is 0 Å². The van der Waals surface area contributed by atoms with Crippen LogP contribution in [0.2, 0.25) is 0 Å². The van der Waals surface area contributed by atoms with Gasteiger partial charge in [0.25, 0.3) is 0 Å². The van der Waals surface area contributed by atoms with Crippen LogP contribution in [-0.2, 0) is 0 Å². The van der Waals surface area contributed by atoms with Gasteiger partial charge in [-0.2, -0.15) is 5.26 Å². The van der Waals surface area contributed by atoms with Crippen LogP contribution in [-0.4, -0.2) is 20.2 Å². The van der Waals surface area contributed by atoms with Gasteiger partial charge in [0.2, 0.25) is 0 Å². The molecule has 0 aliphatic rings. The molecule has 0 saturated carbocycles. The van der Waals surface area contributed by atoms with E-state index < -0.39 is 0 Å². The van der Waals surface area contributed by atoms with Crippen LogP contribution in [0.1, 0.15) is 25.0 Å². The maximum atomic E-state index is 13.4. The minimum atomic E-state index is -0.363. The molecule has 0 aliphatic carbocycles. The van der Waals surface area contributed by atoms with Crippen molar-refractivity contribution in [3.8, 4) is 11.8 Å². The van der Waals surface area contributed by atoms with Gasteiger partial charge in [0, 0.05) is 30.4 Å². The largest absolute Gasteiger partial charge is 0.496 e. The molecule has 0 bridgehead atoms. The zero-order chi connectivity index (χ0) is 17.5. The van der Waals surface area contributed by atoms with Gasteiger partial charge in [-0.15, -0.1) is 0 Å². The number of nitriles is 1. The first-order valence-corrected chi connectivity index (χ1v) is 7.93. The summed E-state index contributed by atoms with van der Waals surface area (Å²) in [5.74, 6) is 0.320. The van der Waals surface area contributed by atoms with Crippen LogP contribution in [0, 0.1) is 17.1 Å². The highest BCUT2D eigenvalue weighted by Gasteiger charge is 2.09. The number of methoxy groups -OCH3 is 1. The van der Waals surface area contributed by atoms with Crippen molar-refractivity contribution < 1.29 is 9.13 Å². The van der Waals surface area contributed by atoms with E-state index in [1.54, 1.807) is 25.3 Å². The summed E-state index contributed by atoms with van der Waals surface area (Å²) in [5, 5.41) is 9.42. The van der Waals surface area contributed by atoms with Crippen molar-refractivity contribution in [2.75, 3.05) is 25.1 Å². The molecule has 4 heteroatoms. The first-order valence-electron chi connectivity index (χ1n) is 7.93. The molecule has 0 amide bonds. The molecule has 2 rings (SSSR count). The van der Waals surface area contributed by atoms with Gasteiger partial charge < -0.3 is 9.64 Å². The summed E-state index contributed by atoms with van der Waals surface area (Å²) in [6.45, 7) is 6.01. The van der Waals surface area contributed by atoms with E-state index in [9.17, 15) is 9.65 Å². The molecule has 0 fully saturated rings. The van der Waals surface area contributed by atoms with Gasteiger partial charge in [0.1, 0.15) is 11.6 Å². The summed E-state index contributed by atoms with van der Waals surface area (Å²) < 4.78 is 18.9. The van der Waals surface area contributed by atoms with Crippen LogP contribution in [0.4, 0.5) is 10.1 Å². The second kappa shape index (κ2) is 8.16. The number of benzene rings is 2. The van der Waals surface area contributed by atoms with E-state index in [4.69, 9.17) is 4.74 Å². The first kappa shape index (κ1) is 17.6. The van der Waals surface area contributed by atoms with E-state index in [0.29, 0.717) is 16.9 Å². The Morgan fingerprint density at radius 1 is 1.21 bits per heavy atom. The van der Waals surface area contributed by atoms with Crippen molar-refractivity contribution in [1.29, 1.82) is 5.26 Å². The van der Waals surface area contributed by atoms with Crippen LogP contribution in [0.3, 0.4) is 0 Å². The maximum absolute atomic E-state index is 13.4. The average Bonchev–Trinajstić information content (AvgIpc) is 2.61. The van der Waals surface area contributed by atoms with E-state index >= 15 is 0 Å². The highest BCUT2D eigenvalue weighted by atomic mass is 19.1. The van der Waals surface area contributed by atoms with E-state index in [1.165, 1.54) is 12.1 Å². The lowest BCUT2D eigenvalue weighted by molar-refractivity contribution is 0.414. The van der Waals surface area contributed by atoms with E-state index in [1.807, 2.05) is 18.2 Å². The third-order valence-corrected chi connectivity index (χ3v) is 3.90. The number of rotatable bonds is 6. The van der Waals surface area contributed by atoms with E-state index in [-0.39, 0.29) is 5.82 Å². The van der Waals surface area contributed by atoms with Crippen LogP contribution in [0.25, 0.3) is 11.6 Å². The van der Waals surface area contributed by atoms with Crippen LogP contribution >= 0.6 is 0 Å². The zero-order valence-corrected chi connectivity index (χ0v) is 14.2. The molecule has 0 N–H and O–H groups in total. The summed E-state index contributed by atoms with van der Waals surface area (Å²) >= 11 is 0. The fraction of sp³-hybridized carbons (Fsp3) is 0.250. The molecular weight excluding hydrogens is 303 g/mol. The Balaban J connectivity index is 2.45. The number of hydrogen-bond donors (Lipinski definition) is 0. The average molecular weight is 324 g/mol. The molecule has 0 unspecified atom stereocenters. The Hall–Kier alpha value is -2.80. The highest BCUT2D eigenvalue weighted by Crippen LogP contribution is 2.29. The second-order valence-corrected chi connectivity index (χ2v) is 5.28. The van der Waals surface area contributed by atoms with Crippen molar-refractivity contribution in [1.82, 2.24) is 0 Å². The summed E-state index contributed by atoms with van der Waals surface area (Å²) in [5.41, 5.74) is 2.79. The van der Waals surface area contributed by atoms with Gasteiger partial charge in [-0.1, -0.05) is 12.1 Å². The minimum Gasteiger partial charge on any atom is -0.496 e. The van der Waals surface area contributed by atoms with Crippen molar-refractivity contribution in [3.63, 3.8) is 0 Å². The summed E-state index contributed by atoms with van der Waals surface area (Å²) in [7, 11) is 1.60. The molecule has 2 aromatic carbocycles. The number of nitrogens with zero attached hydrogens (tertiary/aromatic N) is 2. The predicted octanol–water partition coefficient (Wildman–Crippen LogP) is 4.74. The molecule has 0 saturated heterocycles. The van der Waals surface area contributed by atoms with E-state index in [0.717, 1.165) is 24.3 Å². The van der Waals surface area contributed by atoms with Gasteiger partial charge in [0.05, 0.1) is 18.8 Å². The summed E-state index contributed by atoms with van der Waals surface area (Å²) in [6.07, 6.45) is 1.72. The van der Waals surface area contributed by atoms with Crippen molar-refractivity contribution >= 4 is 17.3 Å². The van der Waals surface area contributed by atoms with Crippen molar-refractivity contribution in [2.45, 2.75) is 13.8 Å². The van der Waals surface area contributed by atoms with Gasteiger partial charge in [-0.05, 0) is 49.8 Å². The Kier molecular flexibility index (Phi) is 5.97. The summed E-state index contributed by atoms with van der Waals surface area (Å²) in [6, 6.07) is 14.0. The van der Waals surface area contributed by atoms with E-state index in [2.05, 4.69) is 24.8 Å². The molecule has 2 aromatic rings. The van der Waals surface area contributed by atoms with Gasteiger partial charge in [0.15, 0.2) is 0 Å². The molecule has 0 radical (unpaired) electrons. The number of allylic oxidation sites excluding steroid dienone is 1. The Labute approximate surface area is 142 Å². The standard InChI is InChI=1S/C20H21FN2O/c1-4-23(5-2)19-10-9-16(20(13-19)24-3)11-17(14-22)15-7-6-8-18(21)12-15/h6-13H,4-5H2,1-3H3/b17-11+. The summed E-state index contributed by atoms with van der Waals surface area (Å²) in [4.78, 5) is 2.22. The normalized spacial score (nSPS) is 11.0. The first-order chi connectivity index (χ1) is 11.6. The molecule has 0 spiro atoms. The number of hydrogen-bond acceptors (Lipinski definition) is 3. The zero-order valence-electron chi connectivity index (χ0n) is 14.2. The number of halogens is 1.